The number of aliphatic hydroxyl groups is 7. The van der Waals surface area contributed by atoms with Crippen LogP contribution in [-0.2, 0) is 14.2 Å². The number of aliphatic hydroxyl groups excluding tert-OH is 7. The van der Waals surface area contributed by atoms with E-state index < -0.39 is 74.6 Å². The van der Waals surface area contributed by atoms with Gasteiger partial charge in [0.2, 0.25) is 0 Å². The first-order valence-corrected chi connectivity index (χ1v) is 12.7. The number of hydrogen-bond acceptors (Lipinski definition) is 11. The molecule has 2 heterocycles. The summed E-state index contributed by atoms with van der Waals surface area (Å²) in [7, 11) is 0. The van der Waals surface area contributed by atoms with Gasteiger partial charge in [0.05, 0.1) is 19.3 Å². The average Bonchev–Trinajstić information content (AvgIpc) is 2.84. The Labute approximate surface area is 201 Å². The third kappa shape index (κ3) is 8.31. The van der Waals surface area contributed by atoms with Crippen LogP contribution >= 0.6 is 0 Å². The van der Waals surface area contributed by atoms with Gasteiger partial charge < -0.3 is 55.3 Å². The maximum absolute atomic E-state index is 10.6. The topological polar surface area (TPSA) is 181 Å². The van der Waals surface area contributed by atoms with Gasteiger partial charge in [0.25, 0.3) is 0 Å². The van der Waals surface area contributed by atoms with E-state index in [0.717, 1.165) is 19.3 Å². The molecule has 2 rings (SSSR count). The van der Waals surface area contributed by atoms with Crippen molar-refractivity contribution in [2.75, 3.05) is 19.8 Å². The van der Waals surface area contributed by atoms with Crippen molar-refractivity contribution < 1.29 is 50.0 Å². The fourth-order valence-electron chi connectivity index (χ4n) is 4.47. The van der Waals surface area contributed by atoms with Crippen molar-refractivity contribution in [2.45, 2.75) is 126 Å². The zero-order valence-electron chi connectivity index (χ0n) is 20.1. The first kappa shape index (κ1) is 29.8. The third-order valence-electron chi connectivity index (χ3n) is 6.66. The Hall–Kier alpha value is -0.440. The summed E-state index contributed by atoms with van der Waals surface area (Å²) in [6.07, 6.45) is -2.22. The Bertz CT molecular complexity index is 540. The highest BCUT2D eigenvalue weighted by Gasteiger charge is 2.49. The van der Waals surface area contributed by atoms with E-state index in [1.54, 1.807) is 0 Å². The molecule has 0 amide bonds. The highest BCUT2D eigenvalue weighted by Crippen LogP contribution is 2.28. The Balaban J connectivity index is 1.78. The molecule has 2 aliphatic rings. The summed E-state index contributed by atoms with van der Waals surface area (Å²) in [6.45, 7) is 1.71. The van der Waals surface area contributed by atoms with Crippen LogP contribution in [0.25, 0.3) is 0 Å². The Kier molecular flexibility index (Phi) is 13.7. The molecule has 8 N–H and O–H groups in total. The lowest BCUT2D eigenvalue weighted by atomic mass is 9.95. The van der Waals surface area contributed by atoms with Gasteiger partial charge in [-0.05, 0) is 13.0 Å². The van der Waals surface area contributed by atoms with Crippen molar-refractivity contribution in [3.8, 4) is 0 Å². The molecule has 11 nitrogen and oxygen atoms in total. The number of hydrogen-bond donors (Lipinski definition) is 8. The Morgan fingerprint density at radius 2 is 1.12 bits per heavy atom. The highest BCUT2D eigenvalue weighted by molar-refractivity contribution is 4.95. The van der Waals surface area contributed by atoms with Gasteiger partial charge in [0, 0.05) is 0 Å². The second-order valence-corrected chi connectivity index (χ2v) is 9.35. The molecule has 0 bridgehead atoms. The molecular formula is C23H45NO10. The summed E-state index contributed by atoms with van der Waals surface area (Å²) in [5.74, 6) is 0. The molecule has 0 aromatic carbocycles. The van der Waals surface area contributed by atoms with Crippen molar-refractivity contribution in [3.05, 3.63) is 0 Å². The maximum Gasteiger partial charge on any atom is 0.189 e. The van der Waals surface area contributed by atoms with Gasteiger partial charge >= 0.3 is 0 Å². The summed E-state index contributed by atoms with van der Waals surface area (Å²) in [6, 6.07) is -0.733. The van der Waals surface area contributed by atoms with E-state index in [0.29, 0.717) is 6.54 Å². The van der Waals surface area contributed by atoms with Crippen molar-refractivity contribution in [1.82, 2.24) is 5.32 Å². The van der Waals surface area contributed by atoms with Crippen LogP contribution in [0.5, 0.6) is 0 Å². The molecule has 11 heteroatoms. The first-order chi connectivity index (χ1) is 16.3. The van der Waals surface area contributed by atoms with Crippen LogP contribution in [0.15, 0.2) is 0 Å². The standard InChI is InChI=1S/C23H45NO10/c1-2-3-4-5-6-7-8-9-10-11-24-16-14(12-25)32-22(20(30)18(16)28)34-23-21(31)19(29)17(27)15(13-26)33-23/h14-31H,2-13H2,1H3/t14?,15?,16-,17-,18?,19?,20+,21?,22-,23-/m1/s1. The van der Waals surface area contributed by atoms with E-state index in [4.69, 9.17) is 14.2 Å². The predicted octanol–water partition coefficient (Wildman–Crippen LogP) is -1.27. The number of nitrogens with one attached hydrogen (secondary N) is 1. The molecule has 0 aromatic heterocycles. The second kappa shape index (κ2) is 15.6. The molecule has 2 fully saturated rings. The minimum atomic E-state index is -1.68. The number of rotatable bonds is 15. The minimum absolute atomic E-state index is 0.451. The van der Waals surface area contributed by atoms with Gasteiger partial charge in [0.15, 0.2) is 12.6 Å². The first-order valence-electron chi connectivity index (χ1n) is 12.7. The van der Waals surface area contributed by atoms with E-state index in [9.17, 15) is 35.7 Å². The molecule has 10 atom stereocenters. The molecule has 2 saturated heterocycles. The van der Waals surface area contributed by atoms with Crippen LogP contribution in [0.2, 0.25) is 0 Å². The van der Waals surface area contributed by atoms with Crippen LogP contribution in [0, 0.1) is 0 Å². The zero-order valence-corrected chi connectivity index (χ0v) is 20.1. The van der Waals surface area contributed by atoms with Crippen LogP contribution in [0.3, 0.4) is 0 Å². The largest absolute Gasteiger partial charge is 0.394 e. The highest BCUT2D eigenvalue weighted by atomic mass is 16.8. The predicted molar refractivity (Wildman–Crippen MR) is 122 cm³/mol. The lowest BCUT2D eigenvalue weighted by molar-refractivity contribution is -0.370. The van der Waals surface area contributed by atoms with Crippen molar-refractivity contribution in [1.29, 1.82) is 0 Å². The molecule has 0 aromatic rings. The molecule has 0 radical (unpaired) electrons. The van der Waals surface area contributed by atoms with Gasteiger partial charge in [-0.25, -0.2) is 0 Å². The van der Waals surface area contributed by atoms with Gasteiger partial charge in [0.1, 0.15) is 42.7 Å². The van der Waals surface area contributed by atoms with E-state index in [-0.39, 0.29) is 0 Å². The van der Waals surface area contributed by atoms with Crippen LogP contribution in [0.4, 0.5) is 0 Å². The van der Waals surface area contributed by atoms with Gasteiger partial charge in [-0.15, -0.1) is 0 Å². The van der Waals surface area contributed by atoms with E-state index >= 15 is 0 Å². The quantitative estimate of drug-likeness (QED) is 0.127. The summed E-state index contributed by atoms with van der Waals surface area (Å²) >= 11 is 0. The lowest BCUT2D eigenvalue weighted by Gasteiger charge is -2.45. The molecular weight excluding hydrogens is 450 g/mol. The smallest absolute Gasteiger partial charge is 0.189 e. The second-order valence-electron chi connectivity index (χ2n) is 9.35. The van der Waals surface area contributed by atoms with Crippen molar-refractivity contribution in [2.24, 2.45) is 0 Å². The van der Waals surface area contributed by atoms with Gasteiger partial charge in [-0.1, -0.05) is 58.3 Å². The summed E-state index contributed by atoms with van der Waals surface area (Å²) < 4.78 is 16.3. The van der Waals surface area contributed by atoms with E-state index in [2.05, 4.69) is 12.2 Å². The van der Waals surface area contributed by atoms with Crippen LogP contribution in [0.1, 0.15) is 64.7 Å². The zero-order chi connectivity index (χ0) is 25.1. The Morgan fingerprint density at radius 3 is 1.68 bits per heavy atom. The monoisotopic (exact) mass is 495 g/mol. The molecule has 0 aliphatic carbocycles. The van der Waals surface area contributed by atoms with Crippen LogP contribution < -0.4 is 5.32 Å². The summed E-state index contributed by atoms with van der Waals surface area (Å²) in [4.78, 5) is 0. The fraction of sp³-hybridized carbons (Fsp3) is 1.00. The molecule has 2 aliphatic heterocycles. The fourth-order valence-corrected chi connectivity index (χ4v) is 4.47. The molecule has 0 saturated carbocycles. The van der Waals surface area contributed by atoms with Gasteiger partial charge in [-0.2, -0.15) is 0 Å². The molecule has 202 valence electrons. The SMILES string of the molecule is CCCCCCCCCCCN[C@@H]1C(CO)O[C@H](O[C@H]2OC(CO)[C@@H](O)C(O)C2O)[C@@H](O)C1O. The lowest BCUT2D eigenvalue weighted by Crippen LogP contribution is -2.66. The normalized spacial score (nSPS) is 38.8. The number of unbranched alkanes of at least 4 members (excludes halogenated alkanes) is 8. The summed E-state index contributed by atoms with van der Waals surface area (Å²) in [5.41, 5.74) is 0. The molecule has 5 unspecified atom stereocenters. The average molecular weight is 496 g/mol. The van der Waals surface area contributed by atoms with Crippen molar-refractivity contribution in [3.63, 3.8) is 0 Å². The minimum Gasteiger partial charge on any atom is -0.394 e. The maximum atomic E-state index is 10.6. The van der Waals surface area contributed by atoms with Crippen LogP contribution in [-0.4, -0.2) is 117 Å². The Morgan fingerprint density at radius 1 is 0.618 bits per heavy atom. The van der Waals surface area contributed by atoms with Gasteiger partial charge in [-0.3, -0.25) is 0 Å². The van der Waals surface area contributed by atoms with Crippen molar-refractivity contribution >= 4 is 0 Å². The molecule has 0 spiro atoms. The number of ether oxygens (including phenoxy) is 3. The molecule has 34 heavy (non-hydrogen) atoms. The van der Waals surface area contributed by atoms with E-state index in [1.165, 1.54) is 38.5 Å². The summed E-state index contributed by atoms with van der Waals surface area (Å²) in [5, 5.41) is 73.3. The van der Waals surface area contributed by atoms with E-state index in [1.807, 2.05) is 0 Å². The third-order valence-corrected chi connectivity index (χ3v) is 6.66.